The van der Waals surface area contributed by atoms with Gasteiger partial charge in [0.15, 0.2) is 0 Å². The Morgan fingerprint density at radius 2 is 2.13 bits per heavy atom. The Labute approximate surface area is 91.2 Å². The number of hydrogen-bond acceptors (Lipinski definition) is 3. The van der Waals surface area contributed by atoms with Gasteiger partial charge in [0, 0.05) is 0 Å². The van der Waals surface area contributed by atoms with Crippen LogP contribution in [-0.2, 0) is 14.3 Å². The number of cyclic esters (lactones) is 2. The lowest BCUT2D eigenvalue weighted by molar-refractivity contribution is -0.153. The highest BCUT2D eigenvalue weighted by Crippen LogP contribution is 2.27. The molecule has 0 aliphatic carbocycles. The summed E-state index contributed by atoms with van der Waals surface area (Å²) in [6, 6.07) is 0. The Morgan fingerprint density at radius 1 is 1.40 bits per heavy atom. The molecule has 1 aliphatic heterocycles. The number of esters is 2. The molecule has 1 fully saturated rings. The van der Waals surface area contributed by atoms with Crippen molar-refractivity contribution in [3.8, 4) is 0 Å². The summed E-state index contributed by atoms with van der Waals surface area (Å²) < 4.78 is 4.55. The Hall–Kier alpha value is -0.860. The summed E-state index contributed by atoms with van der Waals surface area (Å²) in [4.78, 5) is 22.2. The van der Waals surface area contributed by atoms with Crippen molar-refractivity contribution in [1.29, 1.82) is 0 Å². The van der Waals surface area contributed by atoms with Gasteiger partial charge in [-0.25, -0.2) is 0 Å². The molecule has 0 N–H and O–H groups in total. The highest BCUT2D eigenvalue weighted by atomic mass is 16.6. The molecule has 0 amide bonds. The van der Waals surface area contributed by atoms with Gasteiger partial charge in [-0.2, -0.15) is 0 Å². The van der Waals surface area contributed by atoms with Crippen molar-refractivity contribution in [3.05, 3.63) is 0 Å². The Morgan fingerprint density at radius 3 is 2.60 bits per heavy atom. The van der Waals surface area contributed by atoms with Crippen molar-refractivity contribution in [3.63, 3.8) is 0 Å². The van der Waals surface area contributed by atoms with E-state index in [1.54, 1.807) is 0 Å². The fourth-order valence-electron chi connectivity index (χ4n) is 2.09. The van der Waals surface area contributed by atoms with Gasteiger partial charge >= 0.3 is 11.9 Å². The zero-order valence-corrected chi connectivity index (χ0v) is 9.62. The summed E-state index contributed by atoms with van der Waals surface area (Å²) in [5.74, 6) is -0.266. The topological polar surface area (TPSA) is 43.4 Å². The van der Waals surface area contributed by atoms with Crippen LogP contribution in [0.5, 0.6) is 0 Å². The second-order valence-corrected chi connectivity index (χ2v) is 4.35. The lowest BCUT2D eigenvalue weighted by atomic mass is 9.88. The minimum absolute atomic E-state index is 0.167. The minimum atomic E-state index is -0.352. The molecule has 3 heteroatoms. The van der Waals surface area contributed by atoms with Crippen molar-refractivity contribution < 1.29 is 14.3 Å². The van der Waals surface area contributed by atoms with Crippen molar-refractivity contribution in [1.82, 2.24) is 0 Å². The van der Waals surface area contributed by atoms with Crippen LogP contribution in [0.25, 0.3) is 0 Å². The maximum Gasteiger partial charge on any atom is 0.317 e. The lowest BCUT2D eigenvalue weighted by Gasteiger charge is -2.15. The van der Waals surface area contributed by atoms with E-state index in [-0.39, 0.29) is 17.9 Å². The van der Waals surface area contributed by atoms with Crippen molar-refractivity contribution >= 4 is 11.9 Å². The van der Waals surface area contributed by atoms with Gasteiger partial charge in [-0.1, -0.05) is 39.5 Å². The monoisotopic (exact) mass is 212 g/mol. The predicted octanol–water partition coefficient (Wildman–Crippen LogP) is 2.68. The van der Waals surface area contributed by atoms with E-state index in [1.807, 2.05) is 0 Å². The van der Waals surface area contributed by atoms with Crippen LogP contribution in [0.1, 0.15) is 52.4 Å². The third-order valence-electron chi connectivity index (χ3n) is 3.12. The van der Waals surface area contributed by atoms with Crippen molar-refractivity contribution in [2.75, 3.05) is 0 Å². The second-order valence-electron chi connectivity index (χ2n) is 4.35. The molecule has 0 aromatic heterocycles. The van der Waals surface area contributed by atoms with Crippen molar-refractivity contribution in [2.24, 2.45) is 11.8 Å². The van der Waals surface area contributed by atoms with Gasteiger partial charge in [0.05, 0.1) is 12.3 Å². The Balaban J connectivity index is 2.37. The number of hydrogen-bond donors (Lipinski definition) is 0. The average molecular weight is 212 g/mol. The molecule has 0 bridgehead atoms. The SMILES string of the molecule is CCCCC(CC)CC1CC(=O)OC1=O. The Bertz CT molecular complexity index is 235. The van der Waals surface area contributed by atoms with Crippen LogP contribution in [0.2, 0.25) is 0 Å². The number of carbonyl (C=O) groups excluding carboxylic acids is 2. The van der Waals surface area contributed by atoms with Gasteiger partial charge in [-0.3, -0.25) is 9.59 Å². The molecule has 0 saturated carbocycles. The molecular formula is C12H20O3. The summed E-state index contributed by atoms with van der Waals surface area (Å²) >= 11 is 0. The maximum atomic E-state index is 11.3. The molecule has 86 valence electrons. The standard InChI is InChI=1S/C12H20O3/c1-3-5-6-9(4-2)7-10-8-11(13)15-12(10)14/h9-10H,3-8H2,1-2H3. The molecular weight excluding hydrogens is 192 g/mol. The molecule has 0 aromatic carbocycles. The molecule has 1 aliphatic rings. The van der Waals surface area contributed by atoms with Gasteiger partial charge < -0.3 is 4.74 Å². The zero-order chi connectivity index (χ0) is 11.3. The lowest BCUT2D eigenvalue weighted by Crippen LogP contribution is -2.13. The normalized spacial score (nSPS) is 22.9. The molecule has 0 aromatic rings. The van der Waals surface area contributed by atoms with Gasteiger partial charge in [0.2, 0.25) is 0 Å². The largest absolute Gasteiger partial charge is 0.393 e. The Kier molecular flexibility index (Phi) is 4.79. The summed E-state index contributed by atoms with van der Waals surface area (Å²) in [6.45, 7) is 4.31. The predicted molar refractivity (Wildman–Crippen MR) is 57.1 cm³/mol. The number of ether oxygens (including phenoxy) is 1. The molecule has 0 radical (unpaired) electrons. The number of rotatable bonds is 6. The molecule has 1 rings (SSSR count). The van der Waals surface area contributed by atoms with Crippen LogP contribution in [0, 0.1) is 11.8 Å². The van der Waals surface area contributed by atoms with E-state index >= 15 is 0 Å². The zero-order valence-electron chi connectivity index (χ0n) is 9.62. The maximum absolute atomic E-state index is 11.3. The fraction of sp³-hybridized carbons (Fsp3) is 0.833. The highest BCUT2D eigenvalue weighted by molar-refractivity contribution is 5.94. The van der Waals surface area contributed by atoms with Crippen LogP contribution in [0.15, 0.2) is 0 Å². The van der Waals surface area contributed by atoms with E-state index in [2.05, 4.69) is 18.6 Å². The third kappa shape index (κ3) is 3.65. The third-order valence-corrected chi connectivity index (χ3v) is 3.12. The van der Waals surface area contributed by atoms with E-state index in [0.29, 0.717) is 12.3 Å². The van der Waals surface area contributed by atoms with Crippen molar-refractivity contribution in [2.45, 2.75) is 52.4 Å². The molecule has 1 heterocycles. The van der Waals surface area contributed by atoms with E-state index in [4.69, 9.17) is 0 Å². The first kappa shape index (κ1) is 12.2. The highest BCUT2D eigenvalue weighted by Gasteiger charge is 2.34. The van der Waals surface area contributed by atoms with E-state index < -0.39 is 0 Å². The minimum Gasteiger partial charge on any atom is -0.393 e. The van der Waals surface area contributed by atoms with E-state index in [1.165, 1.54) is 12.8 Å². The molecule has 2 atom stereocenters. The summed E-state index contributed by atoms with van der Waals surface area (Å²) in [5.41, 5.74) is 0. The molecule has 3 nitrogen and oxygen atoms in total. The van der Waals surface area contributed by atoms with Gasteiger partial charge in [-0.05, 0) is 12.3 Å². The quantitative estimate of drug-likeness (QED) is 0.502. The van der Waals surface area contributed by atoms with E-state index in [9.17, 15) is 9.59 Å². The van der Waals surface area contributed by atoms with Crippen LogP contribution >= 0.6 is 0 Å². The first-order chi connectivity index (χ1) is 7.17. The van der Waals surface area contributed by atoms with Gasteiger partial charge in [-0.15, -0.1) is 0 Å². The molecule has 0 spiro atoms. The fourth-order valence-corrected chi connectivity index (χ4v) is 2.09. The first-order valence-corrected chi connectivity index (χ1v) is 5.91. The molecule has 1 saturated heterocycles. The number of carbonyl (C=O) groups is 2. The molecule has 2 unspecified atom stereocenters. The smallest absolute Gasteiger partial charge is 0.317 e. The van der Waals surface area contributed by atoms with Gasteiger partial charge in [0.25, 0.3) is 0 Å². The number of unbranched alkanes of at least 4 members (excludes halogenated alkanes) is 1. The summed E-state index contributed by atoms with van der Waals surface area (Å²) in [7, 11) is 0. The average Bonchev–Trinajstić information content (AvgIpc) is 2.52. The second kappa shape index (κ2) is 5.89. The van der Waals surface area contributed by atoms with Crippen LogP contribution in [-0.4, -0.2) is 11.9 Å². The van der Waals surface area contributed by atoms with Gasteiger partial charge in [0.1, 0.15) is 0 Å². The first-order valence-electron chi connectivity index (χ1n) is 5.91. The summed E-state index contributed by atoms with van der Waals surface area (Å²) in [6.07, 6.45) is 5.74. The van der Waals surface area contributed by atoms with E-state index in [0.717, 1.165) is 19.3 Å². The molecule has 15 heavy (non-hydrogen) atoms. The van der Waals surface area contributed by atoms with Crippen LogP contribution in [0.4, 0.5) is 0 Å². The van der Waals surface area contributed by atoms with Crippen LogP contribution in [0.3, 0.4) is 0 Å². The van der Waals surface area contributed by atoms with Crippen LogP contribution < -0.4 is 0 Å². The summed E-state index contributed by atoms with van der Waals surface area (Å²) in [5, 5.41) is 0.